The molecule has 10 aliphatic rings. The maximum atomic E-state index is 14.9. The number of rotatable bonds is 2. The molecular formula is C60H82O8. The molecule has 1 aromatic rings. The number of benzene rings is 1. The molecule has 1 heterocycles. The molecule has 0 bridgehead atoms. The van der Waals surface area contributed by atoms with Crippen LogP contribution >= 0.6 is 0 Å². The van der Waals surface area contributed by atoms with Gasteiger partial charge in [-0.25, -0.2) is 0 Å². The van der Waals surface area contributed by atoms with Crippen LogP contribution in [0.3, 0.4) is 0 Å². The van der Waals surface area contributed by atoms with Gasteiger partial charge in [-0.1, -0.05) is 73.6 Å². The van der Waals surface area contributed by atoms with Gasteiger partial charge < -0.3 is 24.1 Å². The molecule has 3 unspecified atom stereocenters. The minimum absolute atomic E-state index is 0.0114. The molecule has 0 saturated heterocycles. The van der Waals surface area contributed by atoms with Crippen molar-refractivity contribution < 1.29 is 38.4 Å². The van der Waals surface area contributed by atoms with Gasteiger partial charge in [0.2, 0.25) is 11.4 Å². The van der Waals surface area contributed by atoms with E-state index in [4.69, 9.17) is 18.9 Å². The highest BCUT2D eigenvalue weighted by Gasteiger charge is 2.73. The van der Waals surface area contributed by atoms with Crippen LogP contribution < -0.4 is 9.47 Å². The topological polar surface area (TPSA) is 108 Å². The smallest absolute Gasteiger partial charge is 0.317 e. The Morgan fingerprint density at radius 2 is 1.13 bits per heavy atom. The van der Waals surface area contributed by atoms with Crippen molar-refractivity contribution in [2.24, 2.45) is 72.4 Å². The summed E-state index contributed by atoms with van der Waals surface area (Å²) >= 11 is 0. The van der Waals surface area contributed by atoms with Crippen LogP contribution in [-0.4, -0.2) is 48.4 Å². The Balaban J connectivity index is 0.946. The number of esters is 2. The second-order valence-electron chi connectivity index (χ2n) is 27.8. The van der Waals surface area contributed by atoms with Gasteiger partial charge in [0.15, 0.2) is 11.5 Å². The zero-order chi connectivity index (χ0) is 49.1. The number of carbonyl (C=O) groups excluding carboxylic acids is 3. The lowest BCUT2D eigenvalue weighted by atomic mass is 9.32. The zero-order valence-electron chi connectivity index (χ0n) is 44.1. The van der Waals surface area contributed by atoms with Crippen LogP contribution in [0.4, 0.5) is 0 Å². The van der Waals surface area contributed by atoms with Gasteiger partial charge in [-0.05, 0) is 214 Å². The summed E-state index contributed by atoms with van der Waals surface area (Å²) in [5, 5.41) is 12.8. The first-order chi connectivity index (χ1) is 31.6. The quantitative estimate of drug-likeness (QED) is 0.292. The zero-order valence-corrected chi connectivity index (χ0v) is 44.1. The van der Waals surface area contributed by atoms with Crippen molar-refractivity contribution in [3.05, 3.63) is 52.1 Å². The number of hydrogen-bond donors (Lipinski definition) is 1. The SMILES string of the molecule is COC(=O)[C@]1(C)CC[C@]2(C)CC[C@]3(C)C4C=Cc5c(cc6c(c5C)O[C@]5(O)C(=O)C=C7C(=CCC8[C@@]7(C)CC[C@@]7(C)[C@@H]9C[C@](C)(C(=O)OC)CC[C@]9(C)CC[C@]87C)[C@]5(C)O6)[C@]4(C)CC[C@@]3(C)C2C1. The van der Waals surface area contributed by atoms with Gasteiger partial charge in [-0.3, -0.25) is 14.4 Å². The van der Waals surface area contributed by atoms with E-state index in [1.165, 1.54) is 12.7 Å². The van der Waals surface area contributed by atoms with Gasteiger partial charge in [-0.2, -0.15) is 0 Å². The van der Waals surface area contributed by atoms with Crippen molar-refractivity contribution in [3.8, 4) is 11.5 Å². The predicted molar refractivity (Wildman–Crippen MR) is 264 cm³/mol. The molecule has 0 amide bonds. The van der Waals surface area contributed by atoms with E-state index in [0.29, 0.717) is 23.3 Å². The predicted octanol–water partition coefficient (Wildman–Crippen LogP) is 12.7. The Morgan fingerprint density at radius 1 is 0.632 bits per heavy atom. The van der Waals surface area contributed by atoms with Gasteiger partial charge in [0.1, 0.15) is 0 Å². The summed E-state index contributed by atoms with van der Waals surface area (Å²) in [5.74, 6) is -0.504. The molecular weight excluding hydrogens is 849 g/mol. The van der Waals surface area contributed by atoms with E-state index >= 15 is 0 Å². The average molecular weight is 931 g/mol. The van der Waals surface area contributed by atoms with Gasteiger partial charge in [-0.15, -0.1) is 0 Å². The van der Waals surface area contributed by atoms with Crippen molar-refractivity contribution in [1.82, 2.24) is 0 Å². The van der Waals surface area contributed by atoms with Gasteiger partial charge in [0.05, 0.1) is 25.0 Å². The molecule has 8 heteroatoms. The van der Waals surface area contributed by atoms with Crippen molar-refractivity contribution >= 4 is 23.8 Å². The van der Waals surface area contributed by atoms with Crippen molar-refractivity contribution in [1.29, 1.82) is 0 Å². The second kappa shape index (κ2) is 13.8. The highest BCUT2D eigenvalue weighted by molar-refractivity contribution is 6.02. The molecule has 6 saturated carbocycles. The van der Waals surface area contributed by atoms with Crippen LogP contribution in [0.1, 0.15) is 189 Å². The van der Waals surface area contributed by atoms with Crippen LogP contribution in [0.2, 0.25) is 0 Å². The highest BCUT2D eigenvalue weighted by Crippen LogP contribution is 2.78. The average Bonchev–Trinajstić information content (AvgIpc) is 3.29. The normalized spacial score (nSPS) is 51.5. The van der Waals surface area contributed by atoms with E-state index in [1.54, 1.807) is 13.2 Å². The minimum atomic E-state index is -2.24. The lowest BCUT2D eigenvalue weighted by Gasteiger charge is -2.72. The first kappa shape index (κ1) is 47.0. The van der Waals surface area contributed by atoms with E-state index in [2.05, 4.69) is 100 Å². The van der Waals surface area contributed by atoms with Crippen LogP contribution in [0.5, 0.6) is 11.5 Å². The molecule has 16 atom stereocenters. The molecule has 9 aliphatic carbocycles. The van der Waals surface area contributed by atoms with Gasteiger partial charge in [0.25, 0.3) is 0 Å². The third-order valence-electron chi connectivity index (χ3n) is 25.1. The van der Waals surface area contributed by atoms with E-state index in [-0.39, 0.29) is 67.1 Å². The summed E-state index contributed by atoms with van der Waals surface area (Å²) in [6.45, 7) is 28.2. The Hall–Kier alpha value is -3.39. The first-order valence-corrected chi connectivity index (χ1v) is 26.7. The largest absolute Gasteiger partial charge is 0.471 e. The number of methoxy groups -OCH3 is 2. The lowest BCUT2D eigenvalue weighted by Crippen LogP contribution is -2.71. The number of ketones is 1. The van der Waals surface area contributed by atoms with Crippen molar-refractivity contribution in [2.75, 3.05) is 14.2 Å². The van der Waals surface area contributed by atoms with Crippen LogP contribution in [0.25, 0.3) is 6.08 Å². The van der Waals surface area contributed by atoms with Crippen molar-refractivity contribution in [2.45, 2.75) is 196 Å². The van der Waals surface area contributed by atoms with E-state index in [0.717, 1.165) is 119 Å². The molecule has 0 aromatic heterocycles. The summed E-state index contributed by atoms with van der Waals surface area (Å²) in [5.41, 5.74) is 2.45. The minimum Gasteiger partial charge on any atom is -0.471 e. The number of allylic oxidation sites excluding steroid dienone is 2. The van der Waals surface area contributed by atoms with Crippen molar-refractivity contribution in [3.63, 3.8) is 0 Å². The summed E-state index contributed by atoms with van der Waals surface area (Å²) in [7, 11) is 3.08. The fraction of sp³-hybridized carbons (Fsp3) is 0.750. The number of ether oxygens (including phenoxy) is 4. The number of aliphatic hydroxyl groups is 1. The third kappa shape index (κ3) is 5.31. The van der Waals surface area contributed by atoms with Crippen LogP contribution in [-0.2, 0) is 29.3 Å². The second-order valence-corrected chi connectivity index (χ2v) is 27.8. The summed E-state index contributed by atoms with van der Waals surface area (Å²) in [6.07, 6.45) is 23.6. The van der Waals surface area contributed by atoms with E-state index in [1.807, 2.05) is 6.92 Å². The van der Waals surface area contributed by atoms with Gasteiger partial charge >= 0.3 is 17.7 Å². The molecule has 6 fully saturated rings. The fourth-order valence-corrected chi connectivity index (χ4v) is 19.8. The Bertz CT molecular complexity index is 2550. The first-order valence-electron chi connectivity index (χ1n) is 26.7. The number of carbonyl (C=O) groups is 3. The molecule has 1 aromatic carbocycles. The summed E-state index contributed by atoms with van der Waals surface area (Å²) in [6, 6.07) is 2.22. The number of fused-ring (bicyclic) bond motifs is 17. The number of hydrogen-bond acceptors (Lipinski definition) is 8. The molecule has 0 spiro atoms. The molecule has 1 N–H and O–H groups in total. The fourth-order valence-electron chi connectivity index (χ4n) is 19.8. The lowest BCUT2D eigenvalue weighted by molar-refractivity contribution is -0.236. The molecule has 0 radical (unpaired) electrons. The maximum absolute atomic E-state index is 14.9. The Kier molecular flexibility index (Phi) is 9.50. The summed E-state index contributed by atoms with van der Waals surface area (Å²) < 4.78 is 25.0. The monoisotopic (exact) mass is 931 g/mol. The van der Waals surface area contributed by atoms with Crippen LogP contribution in [0.15, 0.2) is 35.4 Å². The summed E-state index contributed by atoms with van der Waals surface area (Å²) in [4.78, 5) is 41.6. The standard InChI is InChI=1S/C60H82O8/c1-35-36-15-17-41-53(6,25-29-57(10)43-33-51(4,47(62)65-13)21-19-49(43,2)23-27-55(41,57)8)38(36)31-40-46(35)68-60(64)45(61)32-39-37(59(60,12)67-40)16-18-42-54(39,7)26-30-58(11)44-34-52(5,48(63)66-14)22-20-50(44,3)24-28-56(42,58)9/h15-17,31-32,41-44,64H,18-30,33-34H2,1-14H3/t41?,42?,43?,44-,49-,50-,51-,52-,53+,54+,55-,56-,57+,58+,59+,60-/m1/s1. The highest BCUT2D eigenvalue weighted by atomic mass is 16.7. The molecule has 68 heavy (non-hydrogen) atoms. The molecule has 8 nitrogen and oxygen atoms in total. The van der Waals surface area contributed by atoms with E-state index < -0.39 is 28.0 Å². The third-order valence-corrected chi connectivity index (χ3v) is 25.1. The molecule has 370 valence electrons. The Morgan fingerprint density at radius 3 is 1.71 bits per heavy atom. The van der Waals surface area contributed by atoms with Crippen LogP contribution in [0, 0.1) is 79.3 Å². The van der Waals surface area contributed by atoms with Gasteiger partial charge in [0, 0.05) is 16.6 Å². The molecule has 11 rings (SSSR count). The van der Waals surface area contributed by atoms with E-state index in [9.17, 15) is 19.5 Å². The maximum Gasteiger partial charge on any atom is 0.317 e. The molecule has 1 aliphatic heterocycles. The Labute approximate surface area is 407 Å².